The highest BCUT2D eigenvalue weighted by Gasteiger charge is 2.36. The van der Waals surface area contributed by atoms with Gasteiger partial charge in [-0.25, -0.2) is 0 Å². The topological polar surface area (TPSA) is 26.3 Å². The highest BCUT2D eigenvalue weighted by Crippen LogP contribution is 2.31. The van der Waals surface area contributed by atoms with E-state index in [2.05, 4.69) is 12.2 Å². The van der Waals surface area contributed by atoms with E-state index in [1.807, 2.05) is 0 Å². The van der Waals surface area contributed by atoms with Crippen LogP contribution in [0.2, 0.25) is 0 Å². The molecule has 0 N–H and O–H groups in total. The van der Waals surface area contributed by atoms with Crippen LogP contribution in [0.5, 0.6) is 0 Å². The fourth-order valence-corrected chi connectivity index (χ4v) is 1.64. The Bertz CT molecular complexity index is 184. The minimum Gasteiger partial charge on any atom is -0.465 e. The zero-order valence-electron chi connectivity index (χ0n) is 5.75. The van der Waals surface area contributed by atoms with Gasteiger partial charge < -0.3 is 4.74 Å². The molecule has 1 fully saturated rings. The average molecular weight is 138 g/mol. The van der Waals surface area contributed by atoms with Crippen molar-refractivity contribution >= 4 is 5.97 Å². The van der Waals surface area contributed by atoms with Crippen molar-refractivity contribution in [2.24, 2.45) is 11.8 Å². The molecule has 1 saturated heterocycles. The number of carbonyl (C=O) groups excluding carboxylic acids is 1. The molecule has 2 rings (SSSR count). The van der Waals surface area contributed by atoms with Gasteiger partial charge in [0.1, 0.15) is 0 Å². The van der Waals surface area contributed by atoms with Crippen LogP contribution in [-0.2, 0) is 9.53 Å². The molecule has 0 unspecified atom stereocenters. The first-order valence-electron chi connectivity index (χ1n) is 3.69. The minimum atomic E-state index is 0.00866. The van der Waals surface area contributed by atoms with Crippen LogP contribution in [0.15, 0.2) is 12.2 Å². The SMILES string of the molecule is O=C1OC[C@H]2CC=CC[C@H]12. The first-order chi connectivity index (χ1) is 4.88. The molecular formula is C8H10O2. The molecule has 0 saturated carbocycles. The number of cyclic esters (lactones) is 1. The van der Waals surface area contributed by atoms with Gasteiger partial charge in [0.2, 0.25) is 0 Å². The molecule has 54 valence electrons. The van der Waals surface area contributed by atoms with Gasteiger partial charge in [0, 0.05) is 5.92 Å². The first-order valence-corrected chi connectivity index (χ1v) is 3.69. The summed E-state index contributed by atoms with van der Waals surface area (Å²) in [7, 11) is 0. The van der Waals surface area contributed by atoms with E-state index >= 15 is 0 Å². The number of allylic oxidation sites excluding steroid dienone is 2. The second-order valence-electron chi connectivity index (χ2n) is 2.94. The van der Waals surface area contributed by atoms with Gasteiger partial charge in [-0.1, -0.05) is 12.2 Å². The molecule has 2 atom stereocenters. The Morgan fingerprint density at radius 1 is 1.40 bits per heavy atom. The quantitative estimate of drug-likeness (QED) is 0.370. The second-order valence-corrected chi connectivity index (χ2v) is 2.94. The van der Waals surface area contributed by atoms with Crippen LogP contribution in [0.3, 0.4) is 0 Å². The molecule has 0 aromatic heterocycles. The third-order valence-electron chi connectivity index (χ3n) is 2.31. The van der Waals surface area contributed by atoms with Gasteiger partial charge in [-0.15, -0.1) is 0 Å². The third-order valence-corrected chi connectivity index (χ3v) is 2.31. The van der Waals surface area contributed by atoms with Crippen molar-refractivity contribution in [1.82, 2.24) is 0 Å². The molecule has 0 bridgehead atoms. The van der Waals surface area contributed by atoms with Gasteiger partial charge >= 0.3 is 5.97 Å². The van der Waals surface area contributed by atoms with E-state index < -0.39 is 0 Å². The molecule has 2 heteroatoms. The van der Waals surface area contributed by atoms with E-state index in [9.17, 15) is 4.79 Å². The van der Waals surface area contributed by atoms with Crippen molar-refractivity contribution in [1.29, 1.82) is 0 Å². The molecular weight excluding hydrogens is 128 g/mol. The van der Waals surface area contributed by atoms with E-state index in [4.69, 9.17) is 4.74 Å². The van der Waals surface area contributed by atoms with Gasteiger partial charge in [-0.3, -0.25) is 4.79 Å². The summed E-state index contributed by atoms with van der Waals surface area (Å²) in [5.74, 6) is 0.678. The summed E-state index contributed by atoms with van der Waals surface area (Å²) >= 11 is 0. The average Bonchev–Trinajstić information content (AvgIpc) is 2.34. The van der Waals surface area contributed by atoms with Crippen LogP contribution in [0.25, 0.3) is 0 Å². The molecule has 0 aromatic rings. The smallest absolute Gasteiger partial charge is 0.309 e. The van der Waals surface area contributed by atoms with Crippen molar-refractivity contribution < 1.29 is 9.53 Å². The maximum atomic E-state index is 11.0. The van der Waals surface area contributed by atoms with Crippen LogP contribution in [0.1, 0.15) is 12.8 Å². The van der Waals surface area contributed by atoms with Crippen LogP contribution < -0.4 is 0 Å². The largest absolute Gasteiger partial charge is 0.465 e. The molecule has 0 spiro atoms. The van der Waals surface area contributed by atoms with Crippen LogP contribution in [0, 0.1) is 11.8 Å². The predicted molar refractivity (Wildman–Crippen MR) is 36.3 cm³/mol. The lowest BCUT2D eigenvalue weighted by Gasteiger charge is -2.14. The normalized spacial score (nSPS) is 37.4. The Labute approximate surface area is 59.9 Å². The van der Waals surface area contributed by atoms with Gasteiger partial charge in [-0.05, 0) is 12.8 Å². The third kappa shape index (κ3) is 0.753. The highest BCUT2D eigenvalue weighted by molar-refractivity contribution is 5.75. The fraction of sp³-hybridized carbons (Fsp3) is 0.625. The van der Waals surface area contributed by atoms with Crippen molar-refractivity contribution in [2.45, 2.75) is 12.8 Å². The molecule has 10 heavy (non-hydrogen) atoms. The Hall–Kier alpha value is -0.790. The lowest BCUT2D eigenvalue weighted by Crippen LogP contribution is -2.16. The summed E-state index contributed by atoms with van der Waals surface area (Å²) in [6.07, 6.45) is 6.14. The second kappa shape index (κ2) is 2.11. The summed E-state index contributed by atoms with van der Waals surface area (Å²) in [6, 6.07) is 0. The van der Waals surface area contributed by atoms with Crippen molar-refractivity contribution in [2.75, 3.05) is 6.61 Å². The lowest BCUT2D eigenvalue weighted by molar-refractivity contribution is -0.141. The first kappa shape index (κ1) is 5.96. The van der Waals surface area contributed by atoms with Gasteiger partial charge in [0.25, 0.3) is 0 Å². The monoisotopic (exact) mass is 138 g/mol. The highest BCUT2D eigenvalue weighted by atomic mass is 16.5. The van der Waals surface area contributed by atoms with Crippen LogP contribution >= 0.6 is 0 Å². The van der Waals surface area contributed by atoms with E-state index in [0.29, 0.717) is 12.5 Å². The number of esters is 1. The molecule has 0 aromatic carbocycles. The summed E-state index contributed by atoms with van der Waals surface area (Å²) in [6.45, 7) is 0.647. The zero-order valence-corrected chi connectivity index (χ0v) is 5.75. The molecule has 2 nitrogen and oxygen atoms in total. The molecule has 1 aliphatic carbocycles. The van der Waals surface area contributed by atoms with Crippen LogP contribution in [-0.4, -0.2) is 12.6 Å². The summed E-state index contributed by atoms with van der Waals surface area (Å²) in [5.41, 5.74) is 0. The Morgan fingerprint density at radius 3 is 3.00 bits per heavy atom. The Kier molecular flexibility index (Phi) is 1.26. The number of fused-ring (bicyclic) bond motifs is 1. The molecule has 1 heterocycles. The van der Waals surface area contributed by atoms with Crippen LogP contribution in [0.4, 0.5) is 0 Å². The van der Waals surface area contributed by atoms with Crippen molar-refractivity contribution in [3.8, 4) is 0 Å². The van der Waals surface area contributed by atoms with Gasteiger partial charge in [0.15, 0.2) is 0 Å². The summed E-state index contributed by atoms with van der Waals surface area (Å²) in [4.78, 5) is 11.0. The summed E-state index contributed by atoms with van der Waals surface area (Å²) < 4.78 is 4.92. The molecule has 0 amide bonds. The zero-order chi connectivity index (χ0) is 6.97. The number of hydrogen-bond acceptors (Lipinski definition) is 2. The standard InChI is InChI=1S/C8H10O2/c9-8-7-4-2-1-3-6(7)5-10-8/h1-2,6-7H,3-5H2/t6-,7+/m1/s1. The lowest BCUT2D eigenvalue weighted by atomic mass is 9.86. The Morgan fingerprint density at radius 2 is 2.20 bits per heavy atom. The van der Waals surface area contributed by atoms with Gasteiger partial charge in [0.05, 0.1) is 12.5 Å². The molecule has 2 aliphatic rings. The minimum absolute atomic E-state index is 0.00866. The van der Waals surface area contributed by atoms with E-state index in [0.717, 1.165) is 12.8 Å². The molecule has 0 radical (unpaired) electrons. The summed E-state index contributed by atoms with van der Waals surface area (Å²) in [5, 5.41) is 0. The van der Waals surface area contributed by atoms with E-state index in [-0.39, 0.29) is 11.9 Å². The van der Waals surface area contributed by atoms with Crippen molar-refractivity contribution in [3.05, 3.63) is 12.2 Å². The van der Waals surface area contributed by atoms with Gasteiger partial charge in [-0.2, -0.15) is 0 Å². The number of hydrogen-bond donors (Lipinski definition) is 0. The van der Waals surface area contributed by atoms with Crippen molar-refractivity contribution in [3.63, 3.8) is 0 Å². The van der Waals surface area contributed by atoms with E-state index in [1.165, 1.54) is 0 Å². The fourth-order valence-electron chi connectivity index (χ4n) is 1.64. The van der Waals surface area contributed by atoms with E-state index in [1.54, 1.807) is 0 Å². The number of carbonyl (C=O) groups is 1. The maximum absolute atomic E-state index is 11.0. The maximum Gasteiger partial charge on any atom is 0.309 e. The predicted octanol–water partition coefficient (Wildman–Crippen LogP) is 1.13. The number of rotatable bonds is 0. The molecule has 1 aliphatic heterocycles. The Balaban J connectivity index is 2.17. The number of ether oxygens (including phenoxy) is 1.